The summed E-state index contributed by atoms with van der Waals surface area (Å²) in [6, 6.07) is 8.11. The maximum Gasteiger partial charge on any atom is 0.199 e. The SMILES string of the molecule is CC(C)CNc1ccc(Br)c2c1C(=O)c1cccc(O)c1C2=O. The lowest BCUT2D eigenvalue weighted by Gasteiger charge is -2.23. The van der Waals surface area contributed by atoms with Gasteiger partial charge in [0.05, 0.1) is 16.7 Å². The number of ketones is 2. The molecule has 0 aromatic heterocycles. The van der Waals surface area contributed by atoms with Crippen molar-refractivity contribution in [2.75, 3.05) is 11.9 Å². The van der Waals surface area contributed by atoms with E-state index in [1.54, 1.807) is 24.3 Å². The van der Waals surface area contributed by atoms with Gasteiger partial charge in [0.25, 0.3) is 0 Å². The molecule has 0 heterocycles. The van der Waals surface area contributed by atoms with Gasteiger partial charge in [-0.2, -0.15) is 0 Å². The maximum absolute atomic E-state index is 12.9. The number of phenolic OH excluding ortho intramolecular Hbond substituents is 1. The van der Waals surface area contributed by atoms with Gasteiger partial charge in [-0.1, -0.05) is 41.9 Å². The number of rotatable bonds is 3. The Labute approximate surface area is 142 Å². The number of benzene rings is 2. The van der Waals surface area contributed by atoms with Crippen LogP contribution in [-0.4, -0.2) is 23.2 Å². The van der Waals surface area contributed by atoms with Crippen LogP contribution in [0.1, 0.15) is 45.7 Å². The van der Waals surface area contributed by atoms with Gasteiger partial charge in [0.15, 0.2) is 11.6 Å². The van der Waals surface area contributed by atoms with Gasteiger partial charge in [-0.3, -0.25) is 9.59 Å². The van der Waals surface area contributed by atoms with Crippen molar-refractivity contribution in [2.45, 2.75) is 13.8 Å². The van der Waals surface area contributed by atoms with Gasteiger partial charge in [-0.15, -0.1) is 0 Å². The minimum absolute atomic E-state index is 0.0757. The van der Waals surface area contributed by atoms with Crippen LogP contribution in [0.4, 0.5) is 5.69 Å². The van der Waals surface area contributed by atoms with E-state index >= 15 is 0 Å². The second-order valence-electron chi connectivity index (χ2n) is 5.98. The van der Waals surface area contributed by atoms with E-state index in [1.165, 1.54) is 6.07 Å². The quantitative estimate of drug-likeness (QED) is 0.727. The molecule has 2 aromatic rings. The fourth-order valence-electron chi connectivity index (χ4n) is 2.72. The number of hydrogen-bond donors (Lipinski definition) is 2. The van der Waals surface area contributed by atoms with Crippen molar-refractivity contribution in [1.29, 1.82) is 0 Å². The molecule has 3 rings (SSSR count). The lowest BCUT2D eigenvalue weighted by molar-refractivity contribution is 0.0976. The zero-order valence-corrected chi connectivity index (χ0v) is 14.4. The van der Waals surface area contributed by atoms with Crippen molar-refractivity contribution in [3.63, 3.8) is 0 Å². The van der Waals surface area contributed by atoms with Gasteiger partial charge in [0.2, 0.25) is 0 Å². The Bertz CT molecular complexity index is 827. The number of carbonyl (C=O) groups excluding carboxylic acids is 2. The molecule has 118 valence electrons. The van der Waals surface area contributed by atoms with Crippen LogP contribution in [0.5, 0.6) is 5.75 Å². The van der Waals surface area contributed by atoms with Crippen LogP contribution >= 0.6 is 15.9 Å². The predicted octanol–water partition coefficient (Wildman–Crippen LogP) is 4.00. The van der Waals surface area contributed by atoms with Gasteiger partial charge in [0, 0.05) is 22.3 Å². The summed E-state index contributed by atoms with van der Waals surface area (Å²) in [7, 11) is 0. The van der Waals surface area contributed by atoms with Crippen LogP contribution in [0.3, 0.4) is 0 Å². The van der Waals surface area contributed by atoms with Crippen molar-refractivity contribution in [2.24, 2.45) is 5.92 Å². The molecule has 23 heavy (non-hydrogen) atoms. The maximum atomic E-state index is 12.9. The zero-order chi connectivity index (χ0) is 16.7. The Kier molecular flexibility index (Phi) is 3.98. The third kappa shape index (κ3) is 2.55. The monoisotopic (exact) mass is 373 g/mol. The Morgan fingerprint density at radius 2 is 1.78 bits per heavy atom. The molecule has 2 N–H and O–H groups in total. The molecule has 0 fully saturated rings. The normalized spacial score (nSPS) is 13.0. The molecule has 0 aliphatic heterocycles. The Balaban J connectivity index is 2.21. The zero-order valence-electron chi connectivity index (χ0n) is 12.8. The highest BCUT2D eigenvalue weighted by atomic mass is 79.9. The van der Waals surface area contributed by atoms with Crippen molar-refractivity contribution < 1.29 is 14.7 Å². The van der Waals surface area contributed by atoms with Crippen LogP contribution < -0.4 is 5.32 Å². The molecule has 0 unspecified atom stereocenters. The molecule has 0 bridgehead atoms. The minimum Gasteiger partial charge on any atom is -0.507 e. The number of fused-ring (bicyclic) bond motifs is 2. The van der Waals surface area contributed by atoms with Crippen LogP contribution in [0, 0.1) is 5.92 Å². The summed E-state index contributed by atoms with van der Waals surface area (Å²) in [6.07, 6.45) is 0. The molecule has 0 saturated heterocycles. The third-order valence-corrected chi connectivity index (χ3v) is 4.48. The van der Waals surface area contributed by atoms with E-state index in [9.17, 15) is 14.7 Å². The lowest BCUT2D eigenvalue weighted by atomic mass is 9.82. The van der Waals surface area contributed by atoms with Gasteiger partial charge in [-0.05, 0) is 24.1 Å². The number of nitrogens with one attached hydrogen (secondary N) is 1. The standard InChI is InChI=1S/C18H16BrNO3/c1-9(2)8-20-12-7-6-11(19)15-16(12)17(22)10-4-3-5-13(21)14(10)18(15)23/h3-7,9,20-21H,8H2,1-2H3. The molecule has 0 saturated carbocycles. The molecule has 0 radical (unpaired) electrons. The first-order valence-electron chi connectivity index (χ1n) is 7.39. The first-order chi connectivity index (χ1) is 10.9. The van der Waals surface area contributed by atoms with Gasteiger partial charge < -0.3 is 10.4 Å². The van der Waals surface area contributed by atoms with E-state index in [0.29, 0.717) is 33.7 Å². The van der Waals surface area contributed by atoms with E-state index in [2.05, 4.69) is 35.1 Å². The number of anilines is 1. The number of hydrogen-bond acceptors (Lipinski definition) is 4. The van der Waals surface area contributed by atoms with Gasteiger partial charge in [0.1, 0.15) is 5.75 Å². The smallest absolute Gasteiger partial charge is 0.199 e. The van der Waals surface area contributed by atoms with Crippen molar-refractivity contribution in [1.82, 2.24) is 0 Å². The molecule has 4 nitrogen and oxygen atoms in total. The summed E-state index contributed by atoms with van der Waals surface area (Å²) in [4.78, 5) is 25.7. The average Bonchev–Trinajstić information content (AvgIpc) is 2.50. The molecular weight excluding hydrogens is 358 g/mol. The topological polar surface area (TPSA) is 66.4 Å². The fraction of sp³-hybridized carbons (Fsp3) is 0.222. The van der Waals surface area contributed by atoms with Crippen LogP contribution in [0.25, 0.3) is 0 Å². The molecule has 1 aliphatic carbocycles. The number of phenols is 1. The van der Waals surface area contributed by atoms with Crippen molar-refractivity contribution >= 4 is 33.2 Å². The Morgan fingerprint density at radius 1 is 1.04 bits per heavy atom. The number of carbonyl (C=O) groups is 2. The van der Waals surface area contributed by atoms with E-state index in [1.807, 2.05) is 0 Å². The highest BCUT2D eigenvalue weighted by Crippen LogP contribution is 2.39. The summed E-state index contributed by atoms with van der Waals surface area (Å²) >= 11 is 3.36. The molecule has 0 atom stereocenters. The second kappa shape index (κ2) is 5.81. The molecule has 5 heteroatoms. The summed E-state index contributed by atoms with van der Waals surface area (Å²) in [5, 5.41) is 13.2. The van der Waals surface area contributed by atoms with Gasteiger partial charge in [-0.25, -0.2) is 0 Å². The lowest BCUT2D eigenvalue weighted by Crippen LogP contribution is -2.24. The molecule has 2 aromatic carbocycles. The van der Waals surface area contributed by atoms with E-state index in [4.69, 9.17) is 0 Å². The predicted molar refractivity (Wildman–Crippen MR) is 92.4 cm³/mol. The third-order valence-electron chi connectivity index (χ3n) is 3.82. The number of aromatic hydroxyl groups is 1. The summed E-state index contributed by atoms with van der Waals surface area (Å²) < 4.78 is 0.551. The largest absolute Gasteiger partial charge is 0.507 e. The highest BCUT2D eigenvalue weighted by molar-refractivity contribution is 9.10. The van der Waals surface area contributed by atoms with Crippen LogP contribution in [-0.2, 0) is 0 Å². The molecule has 0 amide bonds. The molecule has 0 spiro atoms. The highest BCUT2D eigenvalue weighted by Gasteiger charge is 2.35. The van der Waals surface area contributed by atoms with E-state index < -0.39 is 0 Å². The minimum atomic E-state index is -0.340. The number of halogens is 1. The van der Waals surface area contributed by atoms with Gasteiger partial charge >= 0.3 is 0 Å². The summed E-state index contributed by atoms with van der Waals surface area (Å²) in [6.45, 7) is 4.83. The molecule has 1 aliphatic rings. The van der Waals surface area contributed by atoms with Crippen LogP contribution in [0.15, 0.2) is 34.8 Å². The Hall–Kier alpha value is -2.14. The summed E-state index contributed by atoms with van der Waals surface area (Å²) in [5.74, 6) is -0.357. The Morgan fingerprint density at radius 3 is 2.48 bits per heavy atom. The summed E-state index contributed by atoms with van der Waals surface area (Å²) in [5.41, 5.74) is 1.63. The second-order valence-corrected chi connectivity index (χ2v) is 6.83. The van der Waals surface area contributed by atoms with Crippen molar-refractivity contribution in [3.8, 4) is 5.75 Å². The average molecular weight is 374 g/mol. The first kappa shape index (κ1) is 15.7. The van der Waals surface area contributed by atoms with Crippen molar-refractivity contribution in [3.05, 3.63) is 57.1 Å². The first-order valence-corrected chi connectivity index (χ1v) is 8.19. The van der Waals surface area contributed by atoms with E-state index in [0.717, 1.165) is 0 Å². The molecular formula is C18H16BrNO3. The van der Waals surface area contributed by atoms with E-state index in [-0.39, 0.29) is 28.4 Å². The van der Waals surface area contributed by atoms with Crippen LogP contribution in [0.2, 0.25) is 0 Å². The fourth-order valence-corrected chi connectivity index (χ4v) is 3.23.